The van der Waals surface area contributed by atoms with E-state index in [-0.39, 0.29) is 5.97 Å². The molecule has 1 atom stereocenters. The summed E-state index contributed by atoms with van der Waals surface area (Å²) >= 11 is 0. The highest BCUT2D eigenvalue weighted by atomic mass is 16.5. The summed E-state index contributed by atoms with van der Waals surface area (Å²) < 4.78 is 5.04. The van der Waals surface area contributed by atoms with Crippen LogP contribution in [0.3, 0.4) is 0 Å². The number of hydrogen-bond donors (Lipinski definition) is 1. The van der Waals surface area contributed by atoms with Crippen LogP contribution in [0.4, 0.5) is 11.5 Å². The van der Waals surface area contributed by atoms with Crippen molar-refractivity contribution >= 4 is 17.5 Å². The third-order valence-corrected chi connectivity index (χ3v) is 3.99. The van der Waals surface area contributed by atoms with Crippen LogP contribution < -0.4 is 10.6 Å². The standard InChI is InChI=1S/C15H24N4O2/c1-4-11-10-19(7-6-18(11)3)14-8-12(13(16)9-17-14)15(20)21-5-2/h8-9,11H,4-7,10,16H2,1-3H3. The second-order valence-corrected chi connectivity index (χ2v) is 5.34. The number of nitrogens with zero attached hydrogens (tertiary/aromatic N) is 3. The van der Waals surface area contributed by atoms with Gasteiger partial charge in [0.05, 0.1) is 24.1 Å². The number of ether oxygens (including phenoxy) is 1. The van der Waals surface area contributed by atoms with Crippen molar-refractivity contribution < 1.29 is 9.53 Å². The van der Waals surface area contributed by atoms with E-state index in [1.54, 1.807) is 19.2 Å². The van der Waals surface area contributed by atoms with Crippen LogP contribution in [0.1, 0.15) is 30.6 Å². The SMILES string of the molecule is CCOC(=O)c1cc(N2CCN(C)C(CC)C2)ncc1N. The molecule has 0 aromatic carbocycles. The normalized spacial score (nSPS) is 19.6. The number of anilines is 2. The number of piperazine rings is 1. The van der Waals surface area contributed by atoms with E-state index in [1.165, 1.54) is 0 Å². The summed E-state index contributed by atoms with van der Waals surface area (Å²) in [5, 5.41) is 0. The highest BCUT2D eigenvalue weighted by Crippen LogP contribution is 2.22. The lowest BCUT2D eigenvalue weighted by atomic mass is 10.1. The summed E-state index contributed by atoms with van der Waals surface area (Å²) in [7, 11) is 2.14. The van der Waals surface area contributed by atoms with E-state index >= 15 is 0 Å². The van der Waals surface area contributed by atoms with Crippen molar-refractivity contribution in [3.63, 3.8) is 0 Å². The summed E-state index contributed by atoms with van der Waals surface area (Å²) in [6, 6.07) is 2.25. The topological polar surface area (TPSA) is 71.7 Å². The van der Waals surface area contributed by atoms with Gasteiger partial charge in [0.2, 0.25) is 0 Å². The lowest BCUT2D eigenvalue weighted by molar-refractivity contribution is 0.0527. The quantitative estimate of drug-likeness (QED) is 0.845. The van der Waals surface area contributed by atoms with E-state index < -0.39 is 0 Å². The van der Waals surface area contributed by atoms with E-state index in [4.69, 9.17) is 10.5 Å². The Bertz CT molecular complexity index is 506. The van der Waals surface area contributed by atoms with Crippen LogP contribution in [0.15, 0.2) is 12.3 Å². The molecule has 0 saturated carbocycles. The molecule has 0 spiro atoms. The van der Waals surface area contributed by atoms with Gasteiger partial charge in [-0.3, -0.25) is 4.90 Å². The molecule has 1 aliphatic heterocycles. The summed E-state index contributed by atoms with van der Waals surface area (Å²) in [5.74, 6) is 0.402. The van der Waals surface area contributed by atoms with Crippen LogP contribution >= 0.6 is 0 Å². The number of esters is 1. The summed E-state index contributed by atoms with van der Waals surface area (Å²) in [4.78, 5) is 20.9. The minimum atomic E-state index is -0.389. The van der Waals surface area contributed by atoms with Gasteiger partial charge in [0.25, 0.3) is 0 Å². The molecular weight excluding hydrogens is 268 g/mol. The maximum Gasteiger partial charge on any atom is 0.340 e. The maximum absolute atomic E-state index is 11.9. The van der Waals surface area contributed by atoms with Gasteiger partial charge in [0.1, 0.15) is 5.82 Å². The second kappa shape index (κ2) is 6.76. The lowest BCUT2D eigenvalue weighted by Gasteiger charge is -2.39. The summed E-state index contributed by atoms with van der Waals surface area (Å²) in [5.41, 5.74) is 6.59. The summed E-state index contributed by atoms with van der Waals surface area (Å²) in [6.07, 6.45) is 2.63. The number of pyridine rings is 1. The molecular formula is C15H24N4O2. The van der Waals surface area contributed by atoms with E-state index in [0.717, 1.165) is 31.9 Å². The Hall–Kier alpha value is -1.82. The second-order valence-electron chi connectivity index (χ2n) is 5.34. The Morgan fingerprint density at radius 3 is 2.90 bits per heavy atom. The number of likely N-dealkylation sites (N-methyl/N-ethyl adjacent to an activating group) is 1. The van der Waals surface area contributed by atoms with Crippen molar-refractivity contribution in [1.29, 1.82) is 0 Å². The number of rotatable bonds is 4. The van der Waals surface area contributed by atoms with Gasteiger partial charge in [-0.05, 0) is 26.5 Å². The minimum Gasteiger partial charge on any atom is -0.462 e. The molecule has 0 bridgehead atoms. The fraction of sp³-hybridized carbons (Fsp3) is 0.600. The maximum atomic E-state index is 11.9. The van der Waals surface area contributed by atoms with Gasteiger partial charge in [0, 0.05) is 25.7 Å². The zero-order valence-electron chi connectivity index (χ0n) is 13.0. The fourth-order valence-electron chi connectivity index (χ4n) is 2.61. The Morgan fingerprint density at radius 2 is 2.24 bits per heavy atom. The van der Waals surface area contributed by atoms with Crippen molar-refractivity contribution in [2.45, 2.75) is 26.3 Å². The van der Waals surface area contributed by atoms with Crippen LogP contribution in [0.5, 0.6) is 0 Å². The molecule has 1 aromatic rings. The summed E-state index contributed by atoms with van der Waals surface area (Å²) in [6.45, 7) is 7.09. The molecule has 6 heteroatoms. The number of hydrogen-bond acceptors (Lipinski definition) is 6. The first-order valence-electron chi connectivity index (χ1n) is 7.44. The number of nitrogens with two attached hydrogens (primary N) is 1. The third-order valence-electron chi connectivity index (χ3n) is 3.99. The molecule has 1 unspecified atom stereocenters. The Labute approximate surface area is 125 Å². The number of carbonyl (C=O) groups is 1. The van der Waals surface area contributed by atoms with Gasteiger partial charge in [0.15, 0.2) is 0 Å². The highest BCUT2D eigenvalue weighted by Gasteiger charge is 2.24. The van der Waals surface area contributed by atoms with E-state index in [1.807, 2.05) is 0 Å². The van der Waals surface area contributed by atoms with Crippen LogP contribution in [0.25, 0.3) is 0 Å². The molecule has 1 fully saturated rings. The Kier molecular flexibility index (Phi) is 5.01. The predicted octanol–water partition coefficient (Wildman–Crippen LogP) is 1.37. The minimum absolute atomic E-state index is 0.336. The average molecular weight is 292 g/mol. The van der Waals surface area contributed by atoms with Gasteiger partial charge in [-0.25, -0.2) is 9.78 Å². The molecule has 2 N–H and O–H groups in total. The molecule has 21 heavy (non-hydrogen) atoms. The number of aromatic nitrogens is 1. The van der Waals surface area contributed by atoms with Crippen LogP contribution in [0.2, 0.25) is 0 Å². The average Bonchev–Trinajstić information content (AvgIpc) is 2.48. The first-order chi connectivity index (χ1) is 10.1. The van der Waals surface area contributed by atoms with Crippen LogP contribution in [-0.2, 0) is 4.74 Å². The number of carbonyl (C=O) groups excluding carboxylic acids is 1. The molecule has 2 heterocycles. The Balaban J connectivity index is 2.20. The van der Waals surface area contributed by atoms with Crippen molar-refractivity contribution in [2.24, 2.45) is 0 Å². The molecule has 116 valence electrons. The molecule has 0 amide bonds. The van der Waals surface area contributed by atoms with Crippen LogP contribution in [0, 0.1) is 0 Å². The van der Waals surface area contributed by atoms with Crippen LogP contribution in [-0.4, -0.2) is 55.2 Å². The monoisotopic (exact) mass is 292 g/mol. The fourth-order valence-corrected chi connectivity index (χ4v) is 2.61. The van der Waals surface area contributed by atoms with Gasteiger partial charge < -0.3 is 15.4 Å². The van der Waals surface area contributed by atoms with E-state index in [2.05, 4.69) is 28.8 Å². The lowest BCUT2D eigenvalue weighted by Crippen LogP contribution is -2.51. The van der Waals surface area contributed by atoms with E-state index in [9.17, 15) is 4.79 Å². The van der Waals surface area contributed by atoms with Gasteiger partial charge in [-0.15, -0.1) is 0 Å². The molecule has 1 saturated heterocycles. The molecule has 0 radical (unpaired) electrons. The third kappa shape index (κ3) is 3.44. The molecule has 1 aliphatic rings. The largest absolute Gasteiger partial charge is 0.462 e. The number of nitrogen functional groups attached to an aromatic ring is 1. The van der Waals surface area contributed by atoms with Gasteiger partial charge in [-0.2, -0.15) is 0 Å². The molecule has 6 nitrogen and oxygen atoms in total. The smallest absolute Gasteiger partial charge is 0.340 e. The van der Waals surface area contributed by atoms with Crippen molar-refractivity contribution in [3.05, 3.63) is 17.8 Å². The van der Waals surface area contributed by atoms with Crippen molar-refractivity contribution in [3.8, 4) is 0 Å². The van der Waals surface area contributed by atoms with E-state index in [0.29, 0.717) is 23.9 Å². The molecule has 2 rings (SSSR count). The predicted molar refractivity (Wildman–Crippen MR) is 83.5 cm³/mol. The molecule has 1 aromatic heterocycles. The zero-order chi connectivity index (χ0) is 15.4. The van der Waals surface area contributed by atoms with Crippen molar-refractivity contribution in [2.75, 3.05) is 43.9 Å². The first kappa shape index (κ1) is 15.6. The highest BCUT2D eigenvalue weighted by molar-refractivity contribution is 5.95. The van der Waals surface area contributed by atoms with Gasteiger partial charge in [-0.1, -0.05) is 6.92 Å². The van der Waals surface area contributed by atoms with Gasteiger partial charge >= 0.3 is 5.97 Å². The molecule has 0 aliphatic carbocycles. The van der Waals surface area contributed by atoms with Crippen molar-refractivity contribution in [1.82, 2.24) is 9.88 Å². The Morgan fingerprint density at radius 1 is 1.48 bits per heavy atom. The zero-order valence-corrected chi connectivity index (χ0v) is 13.0. The first-order valence-corrected chi connectivity index (χ1v) is 7.44.